The summed E-state index contributed by atoms with van der Waals surface area (Å²) in [6.07, 6.45) is 1.72. The molecular weight excluding hydrogens is 385 g/mol. The normalized spacial score (nSPS) is 20.0. The molecular formula is C13H16BrCl2NO2S. The summed E-state index contributed by atoms with van der Waals surface area (Å²) in [6, 6.07) is 4.42. The maximum Gasteiger partial charge on any atom is 0.243 e. The Bertz CT molecular complexity index is 564. The molecule has 0 bridgehead atoms. The van der Waals surface area contributed by atoms with Gasteiger partial charge in [-0.05, 0) is 37.0 Å². The van der Waals surface area contributed by atoms with Crippen molar-refractivity contribution in [1.29, 1.82) is 0 Å². The zero-order chi connectivity index (χ0) is 14.9. The molecule has 0 aliphatic carbocycles. The topological polar surface area (TPSA) is 37.4 Å². The van der Waals surface area contributed by atoms with Crippen molar-refractivity contribution in [2.75, 3.05) is 13.1 Å². The molecule has 1 heterocycles. The molecule has 1 fully saturated rings. The molecule has 0 spiro atoms. The Kier molecular flexibility index (Phi) is 5.40. The Balaban J connectivity index is 2.19. The highest BCUT2D eigenvalue weighted by molar-refractivity contribution is 9.09. The van der Waals surface area contributed by atoms with E-state index >= 15 is 0 Å². The van der Waals surface area contributed by atoms with Crippen molar-refractivity contribution in [3.05, 3.63) is 28.2 Å². The zero-order valence-corrected chi connectivity index (χ0v) is 14.9. The third-order valence-electron chi connectivity index (χ3n) is 3.62. The van der Waals surface area contributed by atoms with Crippen molar-refractivity contribution >= 4 is 49.2 Å². The summed E-state index contributed by atoms with van der Waals surface area (Å²) in [5.74, 6) is 0.518. The minimum absolute atomic E-state index is 0.167. The largest absolute Gasteiger partial charge is 0.243 e. The number of hydrogen-bond donors (Lipinski definition) is 0. The van der Waals surface area contributed by atoms with Crippen LogP contribution in [0, 0.1) is 5.92 Å². The van der Waals surface area contributed by atoms with E-state index in [1.165, 1.54) is 22.5 Å². The molecule has 1 aromatic carbocycles. The van der Waals surface area contributed by atoms with E-state index in [-0.39, 0.29) is 4.90 Å². The molecule has 1 unspecified atom stereocenters. The van der Waals surface area contributed by atoms with E-state index in [0.29, 0.717) is 33.9 Å². The number of halogens is 3. The SMILES string of the molecule is CC(Br)C1CCN(S(=O)(=O)c2cc(Cl)cc(Cl)c2)CC1. The van der Waals surface area contributed by atoms with E-state index < -0.39 is 10.0 Å². The number of rotatable bonds is 3. The lowest BCUT2D eigenvalue weighted by Gasteiger charge is -2.32. The standard InChI is InChI=1S/C13H16BrCl2NO2S/c1-9(14)10-2-4-17(5-3-10)20(18,19)13-7-11(15)6-12(16)8-13/h6-10H,2-5H2,1H3. The first-order valence-electron chi connectivity index (χ1n) is 6.41. The van der Waals surface area contributed by atoms with Crippen molar-refractivity contribution in [3.63, 3.8) is 0 Å². The summed E-state index contributed by atoms with van der Waals surface area (Å²) in [7, 11) is -3.51. The van der Waals surface area contributed by atoms with Gasteiger partial charge in [-0.1, -0.05) is 46.1 Å². The third-order valence-corrected chi connectivity index (χ3v) is 6.68. The van der Waals surface area contributed by atoms with Gasteiger partial charge in [0.1, 0.15) is 0 Å². The fourth-order valence-electron chi connectivity index (χ4n) is 2.40. The first kappa shape index (κ1) is 16.6. The minimum atomic E-state index is -3.51. The summed E-state index contributed by atoms with van der Waals surface area (Å²) < 4.78 is 26.6. The molecule has 0 amide bonds. The highest BCUT2D eigenvalue weighted by Crippen LogP contribution is 2.30. The van der Waals surface area contributed by atoms with Gasteiger partial charge in [-0.25, -0.2) is 8.42 Å². The summed E-state index contributed by atoms with van der Waals surface area (Å²) in [4.78, 5) is 0.577. The molecule has 1 saturated heterocycles. The second-order valence-electron chi connectivity index (χ2n) is 5.02. The van der Waals surface area contributed by atoms with E-state index in [0.717, 1.165) is 12.8 Å². The Hall–Kier alpha value is 0.190. The Morgan fingerprint density at radius 3 is 2.15 bits per heavy atom. The van der Waals surface area contributed by atoms with Crippen LogP contribution in [0.2, 0.25) is 10.0 Å². The van der Waals surface area contributed by atoms with Crippen LogP contribution in [-0.2, 0) is 10.0 Å². The van der Waals surface area contributed by atoms with Gasteiger partial charge in [0.25, 0.3) is 0 Å². The van der Waals surface area contributed by atoms with Gasteiger partial charge in [0.15, 0.2) is 0 Å². The maximum atomic E-state index is 12.6. The molecule has 20 heavy (non-hydrogen) atoms. The molecule has 1 aliphatic heterocycles. The fraction of sp³-hybridized carbons (Fsp3) is 0.538. The van der Waals surface area contributed by atoms with E-state index in [4.69, 9.17) is 23.2 Å². The summed E-state index contributed by atoms with van der Waals surface area (Å²) >= 11 is 15.3. The lowest BCUT2D eigenvalue weighted by Crippen LogP contribution is -2.39. The first-order valence-corrected chi connectivity index (χ1v) is 9.52. The van der Waals surface area contributed by atoms with Gasteiger partial charge >= 0.3 is 0 Å². The van der Waals surface area contributed by atoms with Gasteiger partial charge in [-0.15, -0.1) is 0 Å². The maximum absolute atomic E-state index is 12.6. The van der Waals surface area contributed by atoms with Crippen molar-refractivity contribution in [2.24, 2.45) is 5.92 Å². The number of alkyl halides is 1. The van der Waals surface area contributed by atoms with Crippen LogP contribution in [0.5, 0.6) is 0 Å². The smallest absolute Gasteiger partial charge is 0.207 e. The number of nitrogens with zero attached hydrogens (tertiary/aromatic N) is 1. The van der Waals surface area contributed by atoms with E-state index in [1.807, 2.05) is 0 Å². The van der Waals surface area contributed by atoms with Crippen LogP contribution in [0.25, 0.3) is 0 Å². The molecule has 0 aromatic heterocycles. The van der Waals surface area contributed by atoms with Crippen LogP contribution in [0.4, 0.5) is 0 Å². The average Bonchev–Trinajstić information content (AvgIpc) is 2.37. The quantitative estimate of drug-likeness (QED) is 0.713. The number of benzene rings is 1. The molecule has 0 saturated carbocycles. The Labute approximate surface area is 138 Å². The predicted octanol–water partition coefficient (Wildman–Crippen LogP) is 4.18. The zero-order valence-electron chi connectivity index (χ0n) is 11.0. The number of sulfonamides is 1. The summed E-state index contributed by atoms with van der Waals surface area (Å²) in [6.45, 7) is 3.17. The van der Waals surface area contributed by atoms with Gasteiger partial charge in [0, 0.05) is 28.0 Å². The molecule has 3 nitrogen and oxygen atoms in total. The molecule has 112 valence electrons. The molecule has 1 atom stereocenters. The summed E-state index contributed by atoms with van der Waals surface area (Å²) in [5, 5.41) is 0.667. The predicted molar refractivity (Wildman–Crippen MR) is 86.3 cm³/mol. The van der Waals surface area contributed by atoms with Gasteiger partial charge in [0.05, 0.1) is 4.90 Å². The highest BCUT2D eigenvalue weighted by atomic mass is 79.9. The molecule has 7 heteroatoms. The number of piperidine rings is 1. The van der Waals surface area contributed by atoms with Crippen molar-refractivity contribution in [2.45, 2.75) is 29.5 Å². The van der Waals surface area contributed by atoms with Crippen molar-refractivity contribution in [1.82, 2.24) is 4.31 Å². The van der Waals surface area contributed by atoms with E-state index in [9.17, 15) is 8.42 Å². The van der Waals surface area contributed by atoms with E-state index in [2.05, 4.69) is 22.9 Å². The van der Waals surface area contributed by atoms with Crippen LogP contribution in [0.1, 0.15) is 19.8 Å². The Morgan fingerprint density at radius 2 is 1.70 bits per heavy atom. The van der Waals surface area contributed by atoms with Crippen LogP contribution < -0.4 is 0 Å². The third kappa shape index (κ3) is 3.69. The highest BCUT2D eigenvalue weighted by Gasteiger charge is 2.31. The van der Waals surface area contributed by atoms with Crippen LogP contribution in [0.15, 0.2) is 23.1 Å². The minimum Gasteiger partial charge on any atom is -0.207 e. The molecule has 0 radical (unpaired) electrons. The fourth-order valence-corrected chi connectivity index (χ4v) is 5.13. The lowest BCUT2D eigenvalue weighted by atomic mass is 9.96. The average molecular weight is 401 g/mol. The van der Waals surface area contributed by atoms with Crippen LogP contribution >= 0.6 is 39.1 Å². The van der Waals surface area contributed by atoms with Gasteiger partial charge in [0.2, 0.25) is 10.0 Å². The van der Waals surface area contributed by atoms with Crippen molar-refractivity contribution < 1.29 is 8.42 Å². The Morgan fingerprint density at radius 1 is 1.20 bits per heavy atom. The second kappa shape index (κ2) is 6.53. The van der Waals surface area contributed by atoms with E-state index in [1.54, 1.807) is 0 Å². The van der Waals surface area contributed by atoms with Crippen LogP contribution in [-0.4, -0.2) is 30.6 Å². The molecule has 1 aromatic rings. The van der Waals surface area contributed by atoms with Crippen LogP contribution in [0.3, 0.4) is 0 Å². The van der Waals surface area contributed by atoms with Gasteiger partial charge in [-0.2, -0.15) is 4.31 Å². The van der Waals surface area contributed by atoms with Gasteiger partial charge < -0.3 is 0 Å². The van der Waals surface area contributed by atoms with Crippen molar-refractivity contribution in [3.8, 4) is 0 Å². The first-order chi connectivity index (χ1) is 9.30. The molecule has 2 rings (SSSR count). The molecule has 0 N–H and O–H groups in total. The van der Waals surface area contributed by atoms with Gasteiger partial charge in [-0.3, -0.25) is 0 Å². The summed E-state index contributed by atoms with van der Waals surface area (Å²) in [5.41, 5.74) is 0. The molecule has 1 aliphatic rings. The number of hydrogen-bond acceptors (Lipinski definition) is 2. The lowest BCUT2D eigenvalue weighted by molar-refractivity contribution is 0.275. The second-order valence-corrected chi connectivity index (χ2v) is 9.28. The monoisotopic (exact) mass is 399 g/mol.